The molecule has 4 rings (SSSR count). The summed E-state index contributed by atoms with van der Waals surface area (Å²) in [7, 11) is 0. The molecule has 0 saturated heterocycles. The van der Waals surface area contributed by atoms with Crippen LogP contribution in [0, 0.1) is 5.82 Å². The molecule has 3 aromatic rings. The maximum atomic E-state index is 13.3. The molecule has 35 heavy (non-hydrogen) atoms. The molecule has 1 unspecified atom stereocenters. The Kier molecular flexibility index (Phi) is 7.10. The normalized spacial score (nSPS) is 12.9. The van der Waals surface area contributed by atoms with E-state index in [9.17, 15) is 23.9 Å². The summed E-state index contributed by atoms with van der Waals surface area (Å²) in [5, 5.41) is 11.7. The molecule has 3 aromatic carbocycles. The standard InChI is InChI=1S/C27H25FN2O5/c1-2-30(18-13-11-17(28)12-14-18)26(33)24(15-25(31)32)29-27(34)35-16-23-21-9-5-3-7-19(21)20-8-4-6-10-22(20)23/h3-14,23-24H,2,15-16H2,1H3,(H,29,34)(H,31,32). The number of nitrogens with one attached hydrogen (secondary N) is 1. The molecule has 0 heterocycles. The van der Waals surface area contributed by atoms with Gasteiger partial charge in [0.1, 0.15) is 18.5 Å². The Morgan fingerprint density at radius 3 is 2.09 bits per heavy atom. The van der Waals surface area contributed by atoms with E-state index < -0.39 is 36.2 Å². The van der Waals surface area contributed by atoms with Crippen LogP contribution in [0.1, 0.15) is 30.4 Å². The Labute approximate surface area is 202 Å². The van der Waals surface area contributed by atoms with Crippen molar-refractivity contribution in [2.75, 3.05) is 18.1 Å². The van der Waals surface area contributed by atoms with Crippen molar-refractivity contribution in [3.8, 4) is 11.1 Å². The number of alkyl carbamates (subject to hydrolysis) is 1. The first-order chi connectivity index (χ1) is 16.9. The number of nitrogens with zero attached hydrogens (tertiary/aromatic N) is 1. The fourth-order valence-electron chi connectivity index (χ4n) is 4.43. The lowest BCUT2D eigenvalue weighted by atomic mass is 9.98. The van der Waals surface area contributed by atoms with Crippen molar-refractivity contribution in [2.45, 2.75) is 25.3 Å². The number of ether oxygens (including phenoxy) is 1. The number of fused-ring (bicyclic) bond motifs is 3. The lowest BCUT2D eigenvalue weighted by Gasteiger charge is -2.26. The Morgan fingerprint density at radius 1 is 0.971 bits per heavy atom. The molecule has 1 aliphatic rings. The van der Waals surface area contributed by atoms with E-state index >= 15 is 0 Å². The van der Waals surface area contributed by atoms with E-state index in [2.05, 4.69) is 5.32 Å². The lowest BCUT2D eigenvalue weighted by Crippen LogP contribution is -2.50. The van der Waals surface area contributed by atoms with Crippen LogP contribution in [-0.4, -0.2) is 42.3 Å². The Morgan fingerprint density at radius 2 is 1.54 bits per heavy atom. The smallest absolute Gasteiger partial charge is 0.407 e. The van der Waals surface area contributed by atoms with Gasteiger partial charge in [0.15, 0.2) is 0 Å². The zero-order valence-electron chi connectivity index (χ0n) is 19.1. The van der Waals surface area contributed by atoms with Crippen LogP contribution in [0.5, 0.6) is 0 Å². The number of carboxylic acids is 1. The number of hydrogen-bond acceptors (Lipinski definition) is 4. The van der Waals surface area contributed by atoms with Gasteiger partial charge in [-0.2, -0.15) is 0 Å². The van der Waals surface area contributed by atoms with Gasteiger partial charge >= 0.3 is 12.1 Å². The monoisotopic (exact) mass is 476 g/mol. The summed E-state index contributed by atoms with van der Waals surface area (Å²) in [5.74, 6) is -2.52. The van der Waals surface area contributed by atoms with Crippen LogP contribution in [-0.2, 0) is 14.3 Å². The Bertz CT molecular complexity index is 1200. The summed E-state index contributed by atoms with van der Waals surface area (Å²) < 4.78 is 18.8. The van der Waals surface area contributed by atoms with Crippen LogP contribution in [0.25, 0.3) is 11.1 Å². The highest BCUT2D eigenvalue weighted by molar-refractivity contribution is 6.00. The van der Waals surface area contributed by atoms with Crippen LogP contribution < -0.4 is 10.2 Å². The third-order valence-electron chi connectivity index (χ3n) is 6.03. The Hall–Kier alpha value is -4.20. The van der Waals surface area contributed by atoms with E-state index in [0.29, 0.717) is 5.69 Å². The van der Waals surface area contributed by atoms with Crippen LogP contribution in [0.3, 0.4) is 0 Å². The molecule has 0 saturated carbocycles. The minimum Gasteiger partial charge on any atom is -0.481 e. The van der Waals surface area contributed by atoms with E-state index in [0.717, 1.165) is 22.3 Å². The average molecular weight is 477 g/mol. The quantitative estimate of drug-likeness (QED) is 0.497. The molecule has 0 spiro atoms. The second-order valence-electron chi connectivity index (χ2n) is 8.18. The highest BCUT2D eigenvalue weighted by Gasteiger charge is 2.31. The summed E-state index contributed by atoms with van der Waals surface area (Å²) in [5.41, 5.74) is 4.62. The average Bonchev–Trinajstić information content (AvgIpc) is 3.17. The summed E-state index contributed by atoms with van der Waals surface area (Å²) >= 11 is 0. The minimum atomic E-state index is -1.35. The van der Waals surface area contributed by atoms with Crippen molar-refractivity contribution in [3.05, 3.63) is 89.7 Å². The zero-order chi connectivity index (χ0) is 24.9. The molecule has 7 nitrogen and oxygen atoms in total. The van der Waals surface area contributed by atoms with Gasteiger partial charge in [-0.1, -0.05) is 48.5 Å². The van der Waals surface area contributed by atoms with Crippen LogP contribution in [0.2, 0.25) is 0 Å². The molecule has 2 amide bonds. The number of benzene rings is 3. The molecule has 0 aliphatic heterocycles. The van der Waals surface area contributed by atoms with Gasteiger partial charge in [0.2, 0.25) is 5.91 Å². The van der Waals surface area contributed by atoms with E-state index in [1.807, 2.05) is 48.5 Å². The number of likely N-dealkylation sites (N-methyl/N-ethyl adjacent to an activating group) is 1. The van der Waals surface area contributed by atoms with Crippen molar-refractivity contribution in [3.63, 3.8) is 0 Å². The van der Waals surface area contributed by atoms with Crippen molar-refractivity contribution >= 4 is 23.7 Å². The topological polar surface area (TPSA) is 95.9 Å². The zero-order valence-corrected chi connectivity index (χ0v) is 19.1. The fraction of sp³-hybridized carbons (Fsp3) is 0.222. The number of hydrogen-bond donors (Lipinski definition) is 2. The molecule has 8 heteroatoms. The predicted octanol–water partition coefficient (Wildman–Crippen LogP) is 4.56. The van der Waals surface area contributed by atoms with Gasteiger partial charge in [-0.05, 0) is 53.4 Å². The molecule has 0 aromatic heterocycles. The van der Waals surface area contributed by atoms with E-state index in [4.69, 9.17) is 4.74 Å². The number of aliphatic carboxylic acids is 1. The third-order valence-corrected chi connectivity index (χ3v) is 6.03. The second kappa shape index (κ2) is 10.4. The first-order valence-corrected chi connectivity index (χ1v) is 11.3. The molecule has 1 atom stereocenters. The summed E-state index contributed by atoms with van der Waals surface area (Å²) in [4.78, 5) is 38.5. The van der Waals surface area contributed by atoms with Crippen molar-refractivity contribution in [2.24, 2.45) is 0 Å². The molecular weight excluding hydrogens is 451 g/mol. The van der Waals surface area contributed by atoms with E-state index in [1.165, 1.54) is 29.2 Å². The summed E-state index contributed by atoms with van der Waals surface area (Å²) in [6.07, 6.45) is -1.51. The van der Waals surface area contributed by atoms with Crippen LogP contribution >= 0.6 is 0 Å². The van der Waals surface area contributed by atoms with Gasteiger partial charge in [0, 0.05) is 18.2 Å². The maximum absolute atomic E-state index is 13.3. The van der Waals surface area contributed by atoms with Gasteiger partial charge in [-0.3, -0.25) is 9.59 Å². The minimum absolute atomic E-state index is 0.0310. The summed E-state index contributed by atoms with van der Waals surface area (Å²) in [6, 6.07) is 19.7. The van der Waals surface area contributed by atoms with E-state index in [1.54, 1.807) is 6.92 Å². The summed E-state index contributed by atoms with van der Waals surface area (Å²) in [6.45, 7) is 1.93. The number of rotatable bonds is 8. The van der Waals surface area contributed by atoms with Gasteiger partial charge in [0.05, 0.1) is 6.42 Å². The predicted molar refractivity (Wildman–Crippen MR) is 129 cm³/mol. The molecular formula is C27H25FN2O5. The first kappa shape index (κ1) is 23.9. The SMILES string of the molecule is CCN(C(=O)C(CC(=O)O)NC(=O)OCC1c2ccccc2-c2ccccc21)c1ccc(F)cc1. The van der Waals surface area contributed by atoms with E-state index in [-0.39, 0.29) is 19.1 Å². The molecule has 1 aliphatic carbocycles. The number of carbonyl (C=O) groups is 3. The van der Waals surface area contributed by atoms with Crippen LogP contribution in [0.4, 0.5) is 14.9 Å². The van der Waals surface area contributed by atoms with Gasteiger partial charge < -0.3 is 20.1 Å². The Balaban J connectivity index is 1.47. The highest BCUT2D eigenvalue weighted by Crippen LogP contribution is 2.44. The molecule has 180 valence electrons. The van der Waals surface area contributed by atoms with Crippen molar-refractivity contribution < 1.29 is 28.6 Å². The van der Waals surface area contributed by atoms with Gasteiger partial charge in [-0.15, -0.1) is 0 Å². The molecule has 0 radical (unpaired) electrons. The first-order valence-electron chi connectivity index (χ1n) is 11.3. The third kappa shape index (κ3) is 5.16. The molecule has 0 bridgehead atoms. The fourth-order valence-corrected chi connectivity index (χ4v) is 4.43. The van der Waals surface area contributed by atoms with Crippen molar-refractivity contribution in [1.82, 2.24) is 5.32 Å². The molecule has 2 N–H and O–H groups in total. The highest BCUT2D eigenvalue weighted by atomic mass is 19.1. The number of halogens is 1. The number of anilines is 1. The van der Waals surface area contributed by atoms with Crippen molar-refractivity contribution in [1.29, 1.82) is 0 Å². The van der Waals surface area contributed by atoms with Gasteiger partial charge in [0.25, 0.3) is 0 Å². The number of carbonyl (C=O) groups excluding carboxylic acids is 2. The number of amides is 2. The van der Waals surface area contributed by atoms with Crippen LogP contribution in [0.15, 0.2) is 72.8 Å². The van der Waals surface area contributed by atoms with Gasteiger partial charge in [-0.25, -0.2) is 9.18 Å². The molecule has 0 fully saturated rings. The second-order valence-corrected chi connectivity index (χ2v) is 8.18. The largest absolute Gasteiger partial charge is 0.481 e. The maximum Gasteiger partial charge on any atom is 0.407 e. The lowest BCUT2D eigenvalue weighted by molar-refractivity contribution is -0.139. The number of carboxylic acid groups (broad SMARTS) is 1.